The van der Waals surface area contributed by atoms with Crippen molar-refractivity contribution in [3.63, 3.8) is 0 Å². The van der Waals surface area contributed by atoms with Gasteiger partial charge in [0.25, 0.3) is 0 Å². The second kappa shape index (κ2) is 25.3. The molecule has 0 fully saturated rings. The highest BCUT2D eigenvalue weighted by Crippen LogP contribution is 2.12. The van der Waals surface area contributed by atoms with Gasteiger partial charge in [-0.05, 0) is 56.4 Å². The molecule has 0 spiro atoms. The van der Waals surface area contributed by atoms with Gasteiger partial charge in [-0.15, -0.1) is 0 Å². The SMILES string of the molecule is CCCCCCCC/C=C/CCCCCCCCCCCC(=O)OC/C=C/COC(=O)c1ccccc1. The van der Waals surface area contributed by atoms with Crippen LogP contribution in [0, 0.1) is 0 Å². The number of unbranched alkanes of at least 4 members (excludes halogenated alkanes) is 15. The highest BCUT2D eigenvalue weighted by molar-refractivity contribution is 5.89. The molecule has 0 amide bonds. The number of hydrogen-bond acceptors (Lipinski definition) is 4. The largest absolute Gasteiger partial charge is 0.461 e. The Morgan fingerprint density at radius 2 is 1.08 bits per heavy atom. The average molecular weight is 513 g/mol. The molecule has 1 aromatic rings. The summed E-state index contributed by atoms with van der Waals surface area (Å²) in [6.07, 6.45) is 30.5. The van der Waals surface area contributed by atoms with E-state index in [1.807, 2.05) is 6.07 Å². The molecule has 37 heavy (non-hydrogen) atoms. The smallest absolute Gasteiger partial charge is 0.338 e. The Bertz CT molecular complexity index is 723. The molecule has 0 bridgehead atoms. The first-order valence-electron chi connectivity index (χ1n) is 14.9. The van der Waals surface area contributed by atoms with Crippen LogP contribution in [0.1, 0.15) is 133 Å². The third-order valence-corrected chi connectivity index (χ3v) is 6.47. The van der Waals surface area contributed by atoms with E-state index in [0.29, 0.717) is 12.0 Å². The van der Waals surface area contributed by atoms with Crippen LogP contribution in [-0.4, -0.2) is 25.2 Å². The molecule has 0 aliphatic rings. The fourth-order valence-corrected chi connectivity index (χ4v) is 4.18. The minimum atomic E-state index is -0.357. The molecule has 0 N–H and O–H groups in total. The number of carbonyl (C=O) groups is 2. The molecule has 0 unspecified atom stereocenters. The molecular formula is C33H52O4. The minimum Gasteiger partial charge on any atom is -0.461 e. The van der Waals surface area contributed by atoms with Crippen molar-refractivity contribution in [3.8, 4) is 0 Å². The highest BCUT2D eigenvalue weighted by Gasteiger charge is 2.04. The lowest BCUT2D eigenvalue weighted by atomic mass is 10.1. The van der Waals surface area contributed by atoms with E-state index < -0.39 is 0 Å². The van der Waals surface area contributed by atoms with E-state index in [9.17, 15) is 9.59 Å². The predicted molar refractivity (Wildman–Crippen MR) is 155 cm³/mol. The first-order chi connectivity index (χ1) is 18.2. The van der Waals surface area contributed by atoms with Gasteiger partial charge in [-0.3, -0.25) is 4.79 Å². The van der Waals surface area contributed by atoms with E-state index in [1.54, 1.807) is 36.4 Å². The molecule has 208 valence electrons. The average Bonchev–Trinajstić information content (AvgIpc) is 2.92. The molecular weight excluding hydrogens is 460 g/mol. The van der Waals surface area contributed by atoms with Crippen LogP contribution in [0.5, 0.6) is 0 Å². The van der Waals surface area contributed by atoms with E-state index in [-0.39, 0.29) is 25.2 Å². The second-order valence-electron chi connectivity index (χ2n) is 9.87. The van der Waals surface area contributed by atoms with Gasteiger partial charge < -0.3 is 9.47 Å². The number of carbonyl (C=O) groups excluding carboxylic acids is 2. The monoisotopic (exact) mass is 512 g/mol. The van der Waals surface area contributed by atoms with Crippen molar-refractivity contribution in [3.05, 3.63) is 60.2 Å². The molecule has 0 radical (unpaired) electrons. The fourth-order valence-electron chi connectivity index (χ4n) is 4.18. The van der Waals surface area contributed by atoms with Crippen LogP contribution in [0.15, 0.2) is 54.6 Å². The Hall–Kier alpha value is -2.36. The number of allylic oxidation sites excluding steroid dienone is 2. The van der Waals surface area contributed by atoms with Crippen molar-refractivity contribution in [1.82, 2.24) is 0 Å². The van der Waals surface area contributed by atoms with Crippen LogP contribution in [0.3, 0.4) is 0 Å². The predicted octanol–water partition coefficient (Wildman–Crippen LogP) is 9.54. The summed E-state index contributed by atoms with van der Waals surface area (Å²) in [6, 6.07) is 8.87. The standard InChI is InChI=1S/C33H52O4/c1-2-3-4-5-6-7-8-9-10-11-12-13-14-15-16-17-18-19-23-28-32(34)36-29-24-25-30-37-33(35)31-26-21-20-22-27-31/h9-10,20-22,24-27H,2-8,11-19,23,28-30H2,1H3/b10-9+,25-24+. The Labute approximate surface area is 226 Å². The van der Waals surface area contributed by atoms with E-state index in [1.165, 1.54) is 96.3 Å². The van der Waals surface area contributed by atoms with Gasteiger partial charge in [-0.25, -0.2) is 4.79 Å². The van der Waals surface area contributed by atoms with Gasteiger partial charge in [0, 0.05) is 6.42 Å². The van der Waals surface area contributed by atoms with E-state index >= 15 is 0 Å². The molecule has 1 aromatic carbocycles. The van der Waals surface area contributed by atoms with E-state index in [4.69, 9.17) is 9.47 Å². The Kier molecular flexibility index (Phi) is 22.3. The van der Waals surface area contributed by atoms with Crippen LogP contribution < -0.4 is 0 Å². The topological polar surface area (TPSA) is 52.6 Å². The lowest BCUT2D eigenvalue weighted by Gasteiger charge is -2.04. The molecule has 4 nitrogen and oxygen atoms in total. The molecule has 0 saturated heterocycles. The molecule has 1 rings (SSSR count). The third-order valence-electron chi connectivity index (χ3n) is 6.47. The Morgan fingerprint density at radius 3 is 1.65 bits per heavy atom. The van der Waals surface area contributed by atoms with Crippen LogP contribution >= 0.6 is 0 Å². The zero-order valence-electron chi connectivity index (χ0n) is 23.5. The first kappa shape index (κ1) is 32.7. The molecule has 0 heterocycles. The van der Waals surface area contributed by atoms with Crippen LogP contribution in [-0.2, 0) is 14.3 Å². The lowest BCUT2D eigenvalue weighted by molar-refractivity contribution is -0.142. The van der Waals surface area contributed by atoms with Crippen LogP contribution in [0.25, 0.3) is 0 Å². The lowest BCUT2D eigenvalue weighted by Crippen LogP contribution is -2.06. The second-order valence-corrected chi connectivity index (χ2v) is 9.87. The Balaban J connectivity index is 1.80. The zero-order valence-corrected chi connectivity index (χ0v) is 23.5. The molecule has 0 aliphatic carbocycles. The summed E-state index contributed by atoms with van der Waals surface area (Å²) in [5.74, 6) is -0.518. The van der Waals surface area contributed by atoms with Crippen molar-refractivity contribution in [2.45, 2.75) is 122 Å². The summed E-state index contributed by atoms with van der Waals surface area (Å²) < 4.78 is 10.3. The molecule has 0 aromatic heterocycles. The number of rotatable bonds is 24. The maximum atomic E-state index is 11.8. The molecule has 0 atom stereocenters. The maximum Gasteiger partial charge on any atom is 0.338 e. The normalized spacial score (nSPS) is 11.4. The van der Waals surface area contributed by atoms with Crippen molar-refractivity contribution >= 4 is 11.9 Å². The number of esters is 2. The van der Waals surface area contributed by atoms with Gasteiger partial charge >= 0.3 is 11.9 Å². The van der Waals surface area contributed by atoms with E-state index in [0.717, 1.165) is 12.8 Å². The molecule has 0 saturated carbocycles. The van der Waals surface area contributed by atoms with Gasteiger partial charge in [0.15, 0.2) is 0 Å². The van der Waals surface area contributed by atoms with Crippen molar-refractivity contribution in [1.29, 1.82) is 0 Å². The maximum absolute atomic E-state index is 11.8. The van der Waals surface area contributed by atoms with Crippen molar-refractivity contribution in [2.75, 3.05) is 13.2 Å². The van der Waals surface area contributed by atoms with Gasteiger partial charge in [0.05, 0.1) is 5.56 Å². The van der Waals surface area contributed by atoms with Crippen molar-refractivity contribution < 1.29 is 19.1 Å². The summed E-state index contributed by atoms with van der Waals surface area (Å²) in [6.45, 7) is 2.66. The fraction of sp³-hybridized carbons (Fsp3) is 0.636. The zero-order chi connectivity index (χ0) is 26.7. The minimum absolute atomic E-state index is 0.160. The first-order valence-corrected chi connectivity index (χ1v) is 14.9. The summed E-state index contributed by atoms with van der Waals surface area (Å²) in [5, 5.41) is 0. The summed E-state index contributed by atoms with van der Waals surface area (Å²) >= 11 is 0. The Morgan fingerprint density at radius 1 is 0.595 bits per heavy atom. The summed E-state index contributed by atoms with van der Waals surface area (Å²) in [5.41, 5.74) is 0.527. The number of benzene rings is 1. The molecule has 0 aliphatic heterocycles. The third kappa shape index (κ3) is 21.4. The quantitative estimate of drug-likeness (QED) is 0.0786. The van der Waals surface area contributed by atoms with Crippen LogP contribution in [0.4, 0.5) is 0 Å². The van der Waals surface area contributed by atoms with E-state index in [2.05, 4.69) is 19.1 Å². The van der Waals surface area contributed by atoms with Crippen LogP contribution in [0.2, 0.25) is 0 Å². The van der Waals surface area contributed by atoms with Crippen molar-refractivity contribution in [2.24, 2.45) is 0 Å². The van der Waals surface area contributed by atoms with Gasteiger partial charge in [0.1, 0.15) is 13.2 Å². The summed E-state index contributed by atoms with van der Waals surface area (Å²) in [7, 11) is 0. The number of hydrogen-bond donors (Lipinski definition) is 0. The number of ether oxygens (including phenoxy) is 2. The summed E-state index contributed by atoms with van der Waals surface area (Å²) in [4.78, 5) is 23.6. The van der Waals surface area contributed by atoms with Gasteiger partial charge in [0.2, 0.25) is 0 Å². The highest BCUT2D eigenvalue weighted by atomic mass is 16.5. The molecule has 4 heteroatoms. The van der Waals surface area contributed by atoms with Gasteiger partial charge in [-0.1, -0.05) is 114 Å². The van der Waals surface area contributed by atoms with Gasteiger partial charge in [-0.2, -0.15) is 0 Å².